The van der Waals surface area contributed by atoms with Crippen molar-refractivity contribution in [3.8, 4) is 0 Å². The zero-order valence-electron chi connectivity index (χ0n) is 14.9. The highest BCUT2D eigenvalue weighted by Crippen LogP contribution is 2.25. The van der Waals surface area contributed by atoms with Crippen molar-refractivity contribution >= 4 is 16.8 Å². The summed E-state index contributed by atoms with van der Waals surface area (Å²) in [6.07, 6.45) is 0. The molecule has 1 fully saturated rings. The van der Waals surface area contributed by atoms with Crippen LogP contribution in [0.5, 0.6) is 0 Å². The molecular weight excluding hydrogens is 319 g/mol. The van der Waals surface area contributed by atoms with Crippen LogP contribution in [0, 0.1) is 5.82 Å². The number of likely N-dealkylation sites (N-methyl/N-ethyl adjacent to an activating group) is 1. The zero-order chi connectivity index (χ0) is 17.6. The zero-order valence-corrected chi connectivity index (χ0v) is 14.9. The molecule has 2 aromatic rings. The number of aromatic nitrogens is 1. The Hall–Kier alpha value is -1.92. The number of benzene rings is 1. The summed E-state index contributed by atoms with van der Waals surface area (Å²) < 4.78 is 15.7. The van der Waals surface area contributed by atoms with Crippen molar-refractivity contribution < 1.29 is 9.18 Å². The molecule has 1 saturated heterocycles. The minimum Gasteiger partial charge on any atom is -0.341 e. The van der Waals surface area contributed by atoms with Crippen LogP contribution in [0.2, 0.25) is 0 Å². The van der Waals surface area contributed by atoms with Crippen LogP contribution in [0.4, 0.5) is 4.39 Å². The van der Waals surface area contributed by atoms with Crippen molar-refractivity contribution in [2.75, 3.05) is 39.8 Å². The Morgan fingerprint density at radius 1 is 1.08 bits per heavy atom. The molecule has 6 heteroatoms. The van der Waals surface area contributed by atoms with Gasteiger partial charge in [0, 0.05) is 55.9 Å². The maximum atomic E-state index is 13.5. The lowest BCUT2D eigenvalue weighted by Gasteiger charge is -2.38. The predicted molar refractivity (Wildman–Crippen MR) is 95.8 cm³/mol. The van der Waals surface area contributed by atoms with Crippen LogP contribution in [0.1, 0.15) is 12.6 Å². The van der Waals surface area contributed by atoms with Crippen molar-refractivity contribution in [3.63, 3.8) is 0 Å². The summed E-state index contributed by atoms with van der Waals surface area (Å²) in [4.78, 5) is 19.5. The maximum Gasteiger partial charge on any atom is 0.240 e. The van der Waals surface area contributed by atoms with Gasteiger partial charge in [-0.25, -0.2) is 4.39 Å². The first-order valence-corrected chi connectivity index (χ1v) is 9.02. The van der Waals surface area contributed by atoms with E-state index in [9.17, 15) is 9.18 Å². The summed E-state index contributed by atoms with van der Waals surface area (Å²) in [5, 5.41) is 0.913. The second-order valence-electron chi connectivity index (χ2n) is 7.27. The lowest BCUT2D eigenvalue weighted by Crippen LogP contribution is -2.54. The van der Waals surface area contributed by atoms with Crippen LogP contribution in [-0.4, -0.2) is 71.0 Å². The summed E-state index contributed by atoms with van der Waals surface area (Å²) >= 11 is 0. The molecule has 0 saturated carbocycles. The monoisotopic (exact) mass is 344 g/mol. The number of hydrogen-bond donors (Lipinski definition) is 0. The molecule has 0 N–H and O–H groups in total. The Morgan fingerprint density at radius 3 is 2.60 bits per heavy atom. The Labute approximate surface area is 147 Å². The van der Waals surface area contributed by atoms with E-state index < -0.39 is 0 Å². The largest absolute Gasteiger partial charge is 0.341 e. The third-order valence-electron chi connectivity index (χ3n) is 5.65. The van der Waals surface area contributed by atoms with Crippen molar-refractivity contribution in [1.29, 1.82) is 0 Å². The van der Waals surface area contributed by atoms with E-state index in [2.05, 4.69) is 21.4 Å². The van der Waals surface area contributed by atoms with Crippen LogP contribution >= 0.6 is 0 Å². The molecule has 1 aromatic heterocycles. The minimum absolute atomic E-state index is 0.0814. The number of hydrogen-bond acceptors (Lipinski definition) is 3. The fourth-order valence-electron chi connectivity index (χ4n) is 4.01. The molecule has 0 bridgehead atoms. The highest BCUT2D eigenvalue weighted by Gasteiger charge is 2.30. The van der Waals surface area contributed by atoms with E-state index in [1.807, 2.05) is 24.0 Å². The first-order chi connectivity index (χ1) is 12.0. The second-order valence-corrected chi connectivity index (χ2v) is 7.27. The topological polar surface area (TPSA) is 31.7 Å². The number of rotatable bonds is 2. The van der Waals surface area contributed by atoms with Gasteiger partial charge in [0.15, 0.2) is 0 Å². The van der Waals surface area contributed by atoms with Crippen LogP contribution in [-0.2, 0) is 17.9 Å². The third kappa shape index (κ3) is 3.04. The number of halogens is 1. The molecule has 0 radical (unpaired) electrons. The molecule has 134 valence electrons. The van der Waals surface area contributed by atoms with Gasteiger partial charge in [0.1, 0.15) is 5.82 Å². The van der Waals surface area contributed by atoms with E-state index in [-0.39, 0.29) is 17.8 Å². The highest BCUT2D eigenvalue weighted by atomic mass is 19.1. The van der Waals surface area contributed by atoms with Gasteiger partial charge in [-0.3, -0.25) is 9.69 Å². The highest BCUT2D eigenvalue weighted by molar-refractivity contribution is 5.84. The van der Waals surface area contributed by atoms with Gasteiger partial charge in [0.25, 0.3) is 0 Å². The minimum atomic E-state index is -0.216. The van der Waals surface area contributed by atoms with Gasteiger partial charge in [-0.2, -0.15) is 0 Å². The lowest BCUT2D eigenvalue weighted by molar-refractivity contribution is -0.138. The first-order valence-electron chi connectivity index (χ1n) is 9.02. The van der Waals surface area contributed by atoms with E-state index >= 15 is 0 Å². The molecule has 3 heterocycles. The normalized spacial score (nSPS) is 20.7. The van der Waals surface area contributed by atoms with Crippen molar-refractivity contribution in [3.05, 3.63) is 35.8 Å². The van der Waals surface area contributed by atoms with E-state index in [0.717, 1.165) is 49.3 Å². The predicted octanol–water partition coefficient (Wildman–Crippen LogP) is 1.76. The van der Waals surface area contributed by atoms with E-state index in [4.69, 9.17) is 0 Å². The summed E-state index contributed by atoms with van der Waals surface area (Å²) in [5.41, 5.74) is 2.14. The Kier molecular flexibility index (Phi) is 4.25. The van der Waals surface area contributed by atoms with Crippen molar-refractivity contribution in [2.45, 2.75) is 26.1 Å². The van der Waals surface area contributed by atoms with Crippen molar-refractivity contribution in [1.82, 2.24) is 19.3 Å². The van der Waals surface area contributed by atoms with Crippen LogP contribution < -0.4 is 0 Å². The van der Waals surface area contributed by atoms with Gasteiger partial charge in [-0.15, -0.1) is 0 Å². The average Bonchev–Trinajstić information content (AvgIpc) is 2.97. The van der Waals surface area contributed by atoms with Gasteiger partial charge in [-0.05, 0) is 38.2 Å². The van der Waals surface area contributed by atoms with Crippen LogP contribution in [0.3, 0.4) is 0 Å². The summed E-state index contributed by atoms with van der Waals surface area (Å²) in [7, 11) is 2.12. The van der Waals surface area contributed by atoms with Crippen LogP contribution in [0.25, 0.3) is 10.9 Å². The van der Waals surface area contributed by atoms with E-state index in [1.165, 1.54) is 6.07 Å². The molecule has 25 heavy (non-hydrogen) atoms. The quantitative estimate of drug-likeness (QED) is 0.832. The Bertz CT molecular complexity index is 794. The molecule has 1 aromatic carbocycles. The molecular formula is C19H25FN4O. The van der Waals surface area contributed by atoms with Gasteiger partial charge in [0.2, 0.25) is 5.91 Å². The first kappa shape index (κ1) is 16.5. The molecule has 0 spiro atoms. The molecule has 4 rings (SSSR count). The standard InChI is InChI=1S/C19H25FN4O/c1-14(22-7-5-21(2)6-8-22)19(25)23-9-10-24-17(13-23)12-15-11-16(20)3-4-18(15)24/h3-4,11-12,14H,5-10,13H2,1-2H3. The molecule has 5 nitrogen and oxygen atoms in total. The Morgan fingerprint density at radius 2 is 1.84 bits per heavy atom. The number of carbonyl (C=O) groups is 1. The third-order valence-corrected chi connectivity index (χ3v) is 5.65. The Balaban J connectivity index is 1.50. The summed E-state index contributed by atoms with van der Waals surface area (Å²) in [5.74, 6) is -0.0145. The molecule has 0 aliphatic carbocycles. The molecule has 1 atom stereocenters. The van der Waals surface area contributed by atoms with E-state index in [1.54, 1.807) is 6.07 Å². The van der Waals surface area contributed by atoms with Gasteiger partial charge < -0.3 is 14.4 Å². The van der Waals surface area contributed by atoms with E-state index in [0.29, 0.717) is 13.1 Å². The molecule has 2 aliphatic heterocycles. The summed E-state index contributed by atoms with van der Waals surface area (Å²) in [6, 6.07) is 6.83. The van der Waals surface area contributed by atoms with Crippen molar-refractivity contribution in [2.24, 2.45) is 0 Å². The number of fused-ring (bicyclic) bond motifs is 3. The fourth-order valence-corrected chi connectivity index (χ4v) is 4.01. The number of amides is 1. The average molecular weight is 344 g/mol. The smallest absolute Gasteiger partial charge is 0.240 e. The molecule has 1 amide bonds. The second kappa shape index (κ2) is 6.42. The number of piperazine rings is 1. The summed E-state index contributed by atoms with van der Waals surface area (Å²) in [6.45, 7) is 8.01. The fraction of sp³-hybridized carbons (Fsp3) is 0.526. The van der Waals surface area contributed by atoms with Crippen LogP contribution in [0.15, 0.2) is 24.3 Å². The lowest BCUT2D eigenvalue weighted by atomic mass is 10.2. The molecule has 2 aliphatic rings. The number of carbonyl (C=O) groups excluding carboxylic acids is 1. The van der Waals surface area contributed by atoms with Gasteiger partial charge in [-0.1, -0.05) is 0 Å². The number of nitrogens with zero attached hydrogens (tertiary/aromatic N) is 4. The molecule has 1 unspecified atom stereocenters. The van der Waals surface area contributed by atoms with Gasteiger partial charge in [0.05, 0.1) is 12.6 Å². The van der Waals surface area contributed by atoms with Gasteiger partial charge >= 0.3 is 0 Å². The SMILES string of the molecule is CC(C(=O)N1CCn2c(cc3cc(F)ccc32)C1)N1CCN(C)CC1. The maximum absolute atomic E-state index is 13.5.